The fourth-order valence-electron chi connectivity index (χ4n) is 2.77. The standard InChI is InChI=1S/C22H18Cl2N6/c1-14-6-2-3-11-19(14)27-22-29-20(25-17-9-4-7-15(23)12-17)28-21(30-22)26-18-10-5-8-16(24)13-18/h2-13H,1H3,(H3,25,26,27,28,29,30). The van der Waals surface area contributed by atoms with Crippen LogP contribution in [0.2, 0.25) is 10.0 Å². The molecule has 30 heavy (non-hydrogen) atoms. The number of hydrogen-bond donors (Lipinski definition) is 3. The van der Waals surface area contributed by atoms with Gasteiger partial charge in [-0.05, 0) is 55.0 Å². The Labute approximate surface area is 184 Å². The molecule has 0 amide bonds. The van der Waals surface area contributed by atoms with Crippen molar-refractivity contribution < 1.29 is 0 Å². The van der Waals surface area contributed by atoms with E-state index in [1.807, 2.05) is 55.5 Å². The SMILES string of the molecule is Cc1ccccc1Nc1nc(Nc2cccc(Cl)c2)nc(Nc2cccc(Cl)c2)n1. The van der Waals surface area contributed by atoms with Gasteiger partial charge in [0.1, 0.15) is 0 Å². The largest absolute Gasteiger partial charge is 0.324 e. The second-order valence-corrected chi connectivity index (χ2v) is 7.39. The van der Waals surface area contributed by atoms with Gasteiger partial charge in [0.15, 0.2) is 0 Å². The smallest absolute Gasteiger partial charge is 0.233 e. The molecule has 0 bridgehead atoms. The summed E-state index contributed by atoms with van der Waals surface area (Å²) in [6.45, 7) is 2.01. The highest BCUT2D eigenvalue weighted by molar-refractivity contribution is 6.31. The molecule has 0 radical (unpaired) electrons. The molecule has 3 aromatic carbocycles. The number of aryl methyl sites for hydroxylation is 1. The molecule has 0 aliphatic carbocycles. The maximum Gasteiger partial charge on any atom is 0.233 e. The Balaban J connectivity index is 1.68. The van der Waals surface area contributed by atoms with Crippen LogP contribution < -0.4 is 16.0 Å². The second-order valence-electron chi connectivity index (χ2n) is 6.52. The molecule has 0 aliphatic heterocycles. The van der Waals surface area contributed by atoms with Gasteiger partial charge in [0, 0.05) is 27.1 Å². The highest BCUT2D eigenvalue weighted by Crippen LogP contribution is 2.24. The molecule has 3 N–H and O–H groups in total. The highest BCUT2D eigenvalue weighted by Gasteiger charge is 2.09. The Hall–Kier alpha value is -3.35. The summed E-state index contributed by atoms with van der Waals surface area (Å²) in [7, 11) is 0. The Kier molecular flexibility index (Phi) is 5.97. The lowest BCUT2D eigenvalue weighted by Crippen LogP contribution is -2.07. The Morgan fingerprint density at radius 3 is 1.60 bits per heavy atom. The van der Waals surface area contributed by atoms with Crippen LogP contribution in [0, 0.1) is 6.92 Å². The van der Waals surface area contributed by atoms with Crippen LogP contribution in [0.1, 0.15) is 5.56 Å². The molecule has 0 aliphatic rings. The molecule has 1 aromatic heterocycles. The van der Waals surface area contributed by atoms with E-state index < -0.39 is 0 Å². The summed E-state index contributed by atoms with van der Waals surface area (Å²) in [5.41, 5.74) is 3.52. The summed E-state index contributed by atoms with van der Waals surface area (Å²) in [6, 6.07) is 22.6. The number of para-hydroxylation sites is 1. The summed E-state index contributed by atoms with van der Waals surface area (Å²) < 4.78 is 0. The zero-order valence-corrected chi connectivity index (χ0v) is 17.5. The first-order valence-electron chi connectivity index (χ1n) is 9.19. The third kappa shape index (κ3) is 5.17. The van der Waals surface area contributed by atoms with E-state index in [2.05, 4.69) is 30.9 Å². The number of hydrogen-bond acceptors (Lipinski definition) is 6. The molecule has 0 fully saturated rings. The third-order valence-corrected chi connectivity index (χ3v) is 4.66. The average molecular weight is 437 g/mol. The van der Waals surface area contributed by atoms with Crippen molar-refractivity contribution in [2.75, 3.05) is 16.0 Å². The lowest BCUT2D eigenvalue weighted by atomic mass is 10.2. The van der Waals surface area contributed by atoms with E-state index in [1.165, 1.54) is 0 Å². The van der Waals surface area contributed by atoms with Crippen molar-refractivity contribution in [3.05, 3.63) is 88.4 Å². The van der Waals surface area contributed by atoms with Gasteiger partial charge in [-0.15, -0.1) is 0 Å². The van der Waals surface area contributed by atoms with Gasteiger partial charge >= 0.3 is 0 Å². The monoisotopic (exact) mass is 436 g/mol. The van der Waals surface area contributed by atoms with Crippen LogP contribution in [0.15, 0.2) is 72.8 Å². The van der Waals surface area contributed by atoms with Gasteiger partial charge in [0.2, 0.25) is 17.8 Å². The van der Waals surface area contributed by atoms with Crippen molar-refractivity contribution in [2.45, 2.75) is 6.92 Å². The molecule has 4 aromatic rings. The molecule has 0 saturated carbocycles. The molecule has 8 heteroatoms. The van der Waals surface area contributed by atoms with Crippen LogP contribution in [0.25, 0.3) is 0 Å². The molecular formula is C22H18Cl2N6. The second kappa shape index (κ2) is 8.98. The summed E-state index contributed by atoms with van der Waals surface area (Å²) in [6.07, 6.45) is 0. The van der Waals surface area contributed by atoms with E-state index in [4.69, 9.17) is 23.2 Å². The Bertz CT molecular complexity index is 1120. The van der Waals surface area contributed by atoms with Crippen LogP contribution in [0.4, 0.5) is 34.9 Å². The maximum absolute atomic E-state index is 6.09. The van der Waals surface area contributed by atoms with Crippen LogP contribution in [0.5, 0.6) is 0 Å². The fraction of sp³-hybridized carbons (Fsp3) is 0.0455. The number of halogens is 2. The lowest BCUT2D eigenvalue weighted by Gasteiger charge is -2.12. The molecule has 0 unspecified atom stereocenters. The van der Waals surface area contributed by atoms with Gasteiger partial charge in [-0.2, -0.15) is 15.0 Å². The van der Waals surface area contributed by atoms with Gasteiger partial charge in [0.05, 0.1) is 0 Å². The van der Waals surface area contributed by atoms with Crippen LogP contribution in [-0.4, -0.2) is 15.0 Å². The van der Waals surface area contributed by atoms with Crippen LogP contribution >= 0.6 is 23.2 Å². The van der Waals surface area contributed by atoms with Crippen molar-refractivity contribution in [3.63, 3.8) is 0 Å². The van der Waals surface area contributed by atoms with Crippen molar-refractivity contribution in [1.29, 1.82) is 0 Å². The van der Waals surface area contributed by atoms with Gasteiger partial charge in [0.25, 0.3) is 0 Å². The molecule has 0 atom stereocenters. The minimum atomic E-state index is 0.368. The first-order chi connectivity index (χ1) is 14.5. The summed E-state index contributed by atoms with van der Waals surface area (Å²) >= 11 is 12.2. The van der Waals surface area contributed by atoms with Gasteiger partial charge in [-0.25, -0.2) is 0 Å². The molecule has 0 saturated heterocycles. The van der Waals surface area contributed by atoms with Gasteiger partial charge in [-0.3, -0.25) is 0 Å². The third-order valence-electron chi connectivity index (χ3n) is 4.19. The predicted octanol–water partition coefficient (Wildman–Crippen LogP) is 6.72. The molecule has 6 nitrogen and oxygen atoms in total. The van der Waals surface area contributed by atoms with E-state index in [-0.39, 0.29) is 0 Å². The number of nitrogens with one attached hydrogen (secondary N) is 3. The number of benzene rings is 3. The molecule has 0 spiro atoms. The van der Waals surface area contributed by atoms with Crippen LogP contribution in [0.3, 0.4) is 0 Å². The van der Waals surface area contributed by atoms with Crippen molar-refractivity contribution in [1.82, 2.24) is 15.0 Å². The molecule has 1 heterocycles. The number of nitrogens with zero attached hydrogens (tertiary/aromatic N) is 3. The number of rotatable bonds is 6. The quantitative estimate of drug-likeness (QED) is 0.311. The van der Waals surface area contributed by atoms with E-state index in [0.29, 0.717) is 27.9 Å². The summed E-state index contributed by atoms with van der Waals surface area (Å²) in [5, 5.41) is 10.8. The predicted molar refractivity (Wildman–Crippen MR) is 124 cm³/mol. The molecule has 4 rings (SSSR count). The Morgan fingerprint density at radius 2 is 1.10 bits per heavy atom. The van der Waals surface area contributed by atoms with E-state index in [1.54, 1.807) is 24.3 Å². The van der Waals surface area contributed by atoms with Crippen molar-refractivity contribution >= 4 is 58.1 Å². The van der Waals surface area contributed by atoms with Crippen LogP contribution in [-0.2, 0) is 0 Å². The fourth-order valence-corrected chi connectivity index (χ4v) is 3.15. The van der Waals surface area contributed by atoms with Crippen molar-refractivity contribution in [2.24, 2.45) is 0 Å². The van der Waals surface area contributed by atoms with Gasteiger partial charge in [-0.1, -0.05) is 53.5 Å². The first-order valence-corrected chi connectivity index (χ1v) is 9.95. The maximum atomic E-state index is 6.09. The first kappa shape index (κ1) is 19.9. The normalized spacial score (nSPS) is 10.5. The highest BCUT2D eigenvalue weighted by atomic mass is 35.5. The summed E-state index contributed by atoms with van der Waals surface area (Å²) in [5.74, 6) is 1.13. The summed E-state index contributed by atoms with van der Waals surface area (Å²) in [4.78, 5) is 13.5. The minimum absolute atomic E-state index is 0.368. The topological polar surface area (TPSA) is 74.8 Å². The Morgan fingerprint density at radius 1 is 0.600 bits per heavy atom. The number of aromatic nitrogens is 3. The van der Waals surface area contributed by atoms with E-state index in [0.717, 1.165) is 22.6 Å². The molecule has 150 valence electrons. The minimum Gasteiger partial charge on any atom is -0.324 e. The van der Waals surface area contributed by atoms with Gasteiger partial charge < -0.3 is 16.0 Å². The van der Waals surface area contributed by atoms with E-state index >= 15 is 0 Å². The number of anilines is 6. The van der Waals surface area contributed by atoms with E-state index in [9.17, 15) is 0 Å². The zero-order valence-electron chi connectivity index (χ0n) is 16.0. The van der Waals surface area contributed by atoms with Crippen molar-refractivity contribution in [3.8, 4) is 0 Å². The average Bonchev–Trinajstić information content (AvgIpc) is 2.70. The lowest BCUT2D eigenvalue weighted by molar-refractivity contribution is 1.06. The zero-order chi connectivity index (χ0) is 20.9. The molecular weight excluding hydrogens is 419 g/mol.